The third-order valence-corrected chi connectivity index (χ3v) is 5.91. The Morgan fingerprint density at radius 2 is 2.09 bits per heavy atom. The van der Waals surface area contributed by atoms with Crippen molar-refractivity contribution in [3.63, 3.8) is 0 Å². The molecule has 0 aliphatic carbocycles. The summed E-state index contributed by atoms with van der Waals surface area (Å²) in [6.07, 6.45) is 0.678. The summed E-state index contributed by atoms with van der Waals surface area (Å²) in [5.74, 6) is -0.240. The molecule has 3 aromatic heterocycles. The first-order valence-corrected chi connectivity index (χ1v) is 11.3. The van der Waals surface area contributed by atoms with Crippen LogP contribution in [0.2, 0.25) is 0 Å². The van der Waals surface area contributed by atoms with Crippen LogP contribution in [-0.4, -0.2) is 50.4 Å². The molecular weight excluding hydrogens is 449 g/mol. The smallest absolute Gasteiger partial charge is 0.275 e. The minimum atomic E-state index is -1.26. The molecule has 1 fully saturated rings. The number of halogens is 1. The molecule has 4 rings (SSSR count). The van der Waals surface area contributed by atoms with Gasteiger partial charge in [-0.05, 0) is 25.0 Å². The monoisotopic (exact) mass is 473 g/mol. The molecule has 2 amide bonds. The van der Waals surface area contributed by atoms with Crippen molar-refractivity contribution in [2.75, 3.05) is 17.2 Å². The molecule has 0 saturated carbocycles. The van der Waals surface area contributed by atoms with Crippen LogP contribution in [0.5, 0.6) is 0 Å². The van der Waals surface area contributed by atoms with E-state index in [1.54, 1.807) is 40.9 Å². The van der Waals surface area contributed by atoms with Gasteiger partial charge in [-0.15, -0.1) is 11.3 Å². The molecule has 0 radical (unpaired) electrons. The molecule has 0 spiro atoms. The minimum Gasteiger partial charge on any atom is -0.369 e. The maximum atomic E-state index is 14.1. The lowest BCUT2D eigenvalue weighted by molar-refractivity contribution is -0.114. The van der Waals surface area contributed by atoms with Crippen LogP contribution >= 0.6 is 11.3 Å². The molecule has 174 valence electrons. The van der Waals surface area contributed by atoms with Crippen LogP contribution in [0.1, 0.15) is 42.1 Å². The van der Waals surface area contributed by atoms with Crippen molar-refractivity contribution in [2.45, 2.75) is 38.1 Å². The summed E-state index contributed by atoms with van der Waals surface area (Å²) in [4.78, 5) is 32.5. The Bertz CT molecular complexity index is 1120. The fourth-order valence-electron chi connectivity index (χ4n) is 3.68. The number of hydrogen-bond acceptors (Lipinski definition) is 8. The van der Waals surface area contributed by atoms with Crippen molar-refractivity contribution < 1.29 is 18.7 Å². The molecule has 1 aliphatic heterocycles. The number of carbonyl (C=O) groups is 2. The molecule has 1 aliphatic rings. The van der Waals surface area contributed by atoms with Crippen LogP contribution in [0.25, 0.3) is 11.3 Å². The number of alkyl halides is 1. The molecular formula is C21H24FN7O3S. The van der Waals surface area contributed by atoms with Gasteiger partial charge >= 0.3 is 0 Å². The standard InChI is InChI=1S/C21H24FN7O3S/c1-11(30)26-17-6-3-12(7-24-17)18-19(27-21(31)15-9-33-10-25-15)20(29(2)28-18)16-5-4-14(23)13(22)8-32-16/h3,6-7,9-10,13-14,16H,4-5,8,23H2,1-2H3,(H,27,31)(H,24,26,30)/t13-,14-,16+/m1/s1. The maximum Gasteiger partial charge on any atom is 0.275 e. The average Bonchev–Trinajstić information content (AvgIpc) is 3.39. The third-order valence-electron chi connectivity index (χ3n) is 5.32. The number of pyridine rings is 1. The van der Waals surface area contributed by atoms with Crippen molar-refractivity contribution in [3.8, 4) is 11.3 Å². The molecule has 3 atom stereocenters. The van der Waals surface area contributed by atoms with Crippen LogP contribution in [-0.2, 0) is 16.6 Å². The molecule has 33 heavy (non-hydrogen) atoms. The van der Waals surface area contributed by atoms with Gasteiger partial charge in [0.05, 0.1) is 23.5 Å². The molecule has 1 saturated heterocycles. The van der Waals surface area contributed by atoms with Gasteiger partial charge in [-0.25, -0.2) is 14.4 Å². The molecule has 0 bridgehead atoms. The highest BCUT2D eigenvalue weighted by atomic mass is 32.1. The number of anilines is 2. The number of nitrogens with zero attached hydrogens (tertiary/aromatic N) is 4. The van der Waals surface area contributed by atoms with E-state index in [1.165, 1.54) is 18.3 Å². The van der Waals surface area contributed by atoms with E-state index in [2.05, 4.69) is 25.7 Å². The maximum absolute atomic E-state index is 14.1. The fraction of sp³-hybridized carbons (Fsp3) is 0.381. The van der Waals surface area contributed by atoms with Crippen LogP contribution < -0.4 is 16.4 Å². The van der Waals surface area contributed by atoms with Gasteiger partial charge in [0.2, 0.25) is 5.91 Å². The SMILES string of the molecule is CC(=O)Nc1ccc(-c2nn(C)c([C@@H]3CC[C@@H](N)[C@H](F)CO3)c2NC(=O)c2cscn2)cn1. The summed E-state index contributed by atoms with van der Waals surface area (Å²) in [5, 5.41) is 11.8. The van der Waals surface area contributed by atoms with Gasteiger partial charge in [-0.2, -0.15) is 5.10 Å². The van der Waals surface area contributed by atoms with E-state index in [-0.39, 0.29) is 18.2 Å². The normalized spacial score (nSPS) is 20.8. The summed E-state index contributed by atoms with van der Waals surface area (Å²) in [5.41, 5.74) is 9.85. The van der Waals surface area contributed by atoms with Crippen molar-refractivity contribution in [2.24, 2.45) is 12.8 Å². The summed E-state index contributed by atoms with van der Waals surface area (Å²) < 4.78 is 21.6. The van der Waals surface area contributed by atoms with Crippen LogP contribution in [0.3, 0.4) is 0 Å². The summed E-state index contributed by atoms with van der Waals surface area (Å²) in [6.45, 7) is 1.26. The lowest BCUT2D eigenvalue weighted by atomic mass is 10.0. The van der Waals surface area contributed by atoms with E-state index < -0.39 is 24.2 Å². The van der Waals surface area contributed by atoms with Crippen molar-refractivity contribution in [1.29, 1.82) is 0 Å². The van der Waals surface area contributed by atoms with E-state index in [0.717, 1.165) is 0 Å². The van der Waals surface area contributed by atoms with Crippen molar-refractivity contribution in [1.82, 2.24) is 19.7 Å². The van der Waals surface area contributed by atoms with E-state index >= 15 is 0 Å². The Morgan fingerprint density at radius 3 is 2.76 bits per heavy atom. The second kappa shape index (κ2) is 9.73. The molecule has 0 unspecified atom stereocenters. The number of rotatable bonds is 5. The van der Waals surface area contributed by atoms with E-state index in [1.807, 2.05) is 0 Å². The molecule has 4 N–H and O–H groups in total. The number of ether oxygens (including phenoxy) is 1. The zero-order chi connectivity index (χ0) is 23.5. The van der Waals surface area contributed by atoms with Gasteiger partial charge in [-0.1, -0.05) is 0 Å². The van der Waals surface area contributed by atoms with Crippen molar-refractivity contribution >= 4 is 34.7 Å². The number of nitrogens with two attached hydrogens (primary N) is 1. The topological polar surface area (TPSA) is 137 Å². The highest BCUT2D eigenvalue weighted by molar-refractivity contribution is 7.07. The van der Waals surface area contributed by atoms with E-state index in [0.29, 0.717) is 41.3 Å². The molecule has 4 heterocycles. The van der Waals surface area contributed by atoms with E-state index in [4.69, 9.17) is 10.5 Å². The zero-order valence-electron chi connectivity index (χ0n) is 18.1. The first-order chi connectivity index (χ1) is 15.8. The number of nitrogens with one attached hydrogen (secondary N) is 2. The lowest BCUT2D eigenvalue weighted by Crippen LogP contribution is -2.32. The van der Waals surface area contributed by atoms with Crippen molar-refractivity contribution in [3.05, 3.63) is 40.6 Å². The molecule has 10 nitrogen and oxygen atoms in total. The number of thiazole rings is 1. The van der Waals surface area contributed by atoms with E-state index in [9.17, 15) is 14.0 Å². The van der Waals surface area contributed by atoms with Gasteiger partial charge in [0, 0.05) is 37.2 Å². The quantitative estimate of drug-likeness (QED) is 0.518. The molecule has 12 heteroatoms. The number of hydrogen-bond donors (Lipinski definition) is 3. The lowest BCUT2D eigenvalue weighted by Gasteiger charge is -2.18. The fourth-order valence-corrected chi connectivity index (χ4v) is 4.21. The predicted octanol–water partition coefficient (Wildman–Crippen LogP) is 2.67. The summed E-state index contributed by atoms with van der Waals surface area (Å²) in [6, 6.07) is 2.78. The highest BCUT2D eigenvalue weighted by Gasteiger charge is 2.32. The molecule has 0 aromatic carbocycles. The van der Waals surface area contributed by atoms with Crippen LogP contribution in [0.15, 0.2) is 29.2 Å². The van der Waals surface area contributed by atoms with Crippen LogP contribution in [0.4, 0.5) is 15.9 Å². The Kier molecular flexibility index (Phi) is 6.77. The van der Waals surface area contributed by atoms with Crippen LogP contribution in [0, 0.1) is 0 Å². The largest absolute Gasteiger partial charge is 0.369 e. The van der Waals surface area contributed by atoms with Gasteiger partial charge in [0.1, 0.15) is 29.5 Å². The summed E-state index contributed by atoms with van der Waals surface area (Å²) >= 11 is 1.31. The number of amides is 2. The summed E-state index contributed by atoms with van der Waals surface area (Å²) in [7, 11) is 1.73. The second-order valence-electron chi connectivity index (χ2n) is 7.75. The van der Waals surface area contributed by atoms with Gasteiger partial charge in [0.25, 0.3) is 5.91 Å². The highest BCUT2D eigenvalue weighted by Crippen LogP contribution is 2.38. The Balaban J connectivity index is 1.73. The predicted molar refractivity (Wildman–Crippen MR) is 122 cm³/mol. The second-order valence-corrected chi connectivity index (χ2v) is 8.47. The Morgan fingerprint density at radius 1 is 1.27 bits per heavy atom. The zero-order valence-corrected chi connectivity index (χ0v) is 18.9. The van der Waals surface area contributed by atoms with Gasteiger partial charge < -0.3 is 21.1 Å². The van der Waals surface area contributed by atoms with Gasteiger partial charge in [-0.3, -0.25) is 14.3 Å². The first-order valence-electron chi connectivity index (χ1n) is 10.3. The van der Waals surface area contributed by atoms with Gasteiger partial charge in [0.15, 0.2) is 0 Å². The minimum absolute atomic E-state index is 0.140. The number of aryl methyl sites for hydroxylation is 1. The Hall–Kier alpha value is -3.22. The average molecular weight is 474 g/mol. The first kappa shape index (κ1) is 23.0. The third kappa shape index (κ3) is 5.07. The number of carbonyl (C=O) groups excluding carboxylic acids is 2. The number of aromatic nitrogens is 4. The Labute approximate surface area is 193 Å². The molecule has 3 aromatic rings.